The van der Waals surface area contributed by atoms with Gasteiger partial charge in [-0.05, 0) is 25.0 Å². The van der Waals surface area contributed by atoms with Gasteiger partial charge in [0.25, 0.3) is 0 Å². The van der Waals surface area contributed by atoms with Crippen LogP contribution in [-0.2, 0) is 4.74 Å². The SMILES string of the molecule is Clc1ccccc1NCCSCC1CCCO1. The molecule has 1 saturated heterocycles. The van der Waals surface area contributed by atoms with Gasteiger partial charge in [0.2, 0.25) is 0 Å². The van der Waals surface area contributed by atoms with Crippen molar-refractivity contribution < 1.29 is 4.74 Å². The molecule has 0 aromatic heterocycles. The Morgan fingerprint density at radius 2 is 2.29 bits per heavy atom. The summed E-state index contributed by atoms with van der Waals surface area (Å²) < 4.78 is 5.57. The standard InChI is InChI=1S/C13H18ClNOS/c14-12-5-1-2-6-13(12)15-7-9-17-10-11-4-3-8-16-11/h1-2,5-6,11,15H,3-4,7-10H2. The van der Waals surface area contributed by atoms with Gasteiger partial charge in [-0.3, -0.25) is 0 Å². The Labute approximate surface area is 112 Å². The molecule has 0 aliphatic carbocycles. The van der Waals surface area contributed by atoms with Crippen molar-refractivity contribution in [2.75, 3.05) is 30.0 Å². The lowest BCUT2D eigenvalue weighted by Crippen LogP contribution is -2.11. The number of rotatable bonds is 6. The number of benzene rings is 1. The fourth-order valence-corrected chi connectivity index (χ4v) is 2.99. The van der Waals surface area contributed by atoms with Gasteiger partial charge in [-0.1, -0.05) is 23.7 Å². The van der Waals surface area contributed by atoms with E-state index in [0.717, 1.165) is 35.4 Å². The fraction of sp³-hybridized carbons (Fsp3) is 0.538. The smallest absolute Gasteiger partial charge is 0.0666 e. The maximum absolute atomic E-state index is 6.05. The maximum Gasteiger partial charge on any atom is 0.0666 e. The molecule has 1 aromatic carbocycles. The second-order valence-electron chi connectivity index (χ2n) is 4.12. The number of thioether (sulfide) groups is 1. The number of para-hydroxylation sites is 1. The summed E-state index contributed by atoms with van der Waals surface area (Å²) in [7, 11) is 0. The molecule has 1 aliphatic rings. The Hall–Kier alpha value is -0.380. The first kappa shape index (κ1) is 13.1. The lowest BCUT2D eigenvalue weighted by molar-refractivity contribution is 0.129. The fourth-order valence-electron chi connectivity index (χ4n) is 1.85. The molecule has 1 aliphatic heterocycles. The van der Waals surface area contributed by atoms with Crippen molar-refractivity contribution >= 4 is 29.1 Å². The molecule has 0 amide bonds. The van der Waals surface area contributed by atoms with Crippen LogP contribution < -0.4 is 5.32 Å². The average molecular weight is 272 g/mol. The summed E-state index contributed by atoms with van der Waals surface area (Å²) in [5.74, 6) is 2.20. The predicted molar refractivity (Wildman–Crippen MR) is 76.2 cm³/mol. The Morgan fingerprint density at radius 3 is 3.06 bits per heavy atom. The molecule has 94 valence electrons. The second kappa shape index (κ2) is 7.14. The Kier molecular flexibility index (Phi) is 5.49. The summed E-state index contributed by atoms with van der Waals surface area (Å²) in [4.78, 5) is 0. The monoisotopic (exact) mass is 271 g/mol. The molecule has 1 N–H and O–H groups in total. The van der Waals surface area contributed by atoms with E-state index in [9.17, 15) is 0 Å². The molecular weight excluding hydrogens is 254 g/mol. The summed E-state index contributed by atoms with van der Waals surface area (Å²) >= 11 is 8.00. The number of halogens is 1. The van der Waals surface area contributed by atoms with Crippen LogP contribution in [-0.4, -0.2) is 30.8 Å². The van der Waals surface area contributed by atoms with Crippen molar-refractivity contribution in [3.05, 3.63) is 29.3 Å². The van der Waals surface area contributed by atoms with Gasteiger partial charge in [0, 0.05) is 24.7 Å². The molecule has 0 bridgehead atoms. The Morgan fingerprint density at radius 1 is 1.41 bits per heavy atom. The summed E-state index contributed by atoms with van der Waals surface area (Å²) in [5.41, 5.74) is 1.02. The Balaban J connectivity index is 1.58. The first-order valence-electron chi connectivity index (χ1n) is 6.04. The molecule has 0 spiro atoms. The number of hydrogen-bond donors (Lipinski definition) is 1. The summed E-state index contributed by atoms with van der Waals surface area (Å²) in [6.07, 6.45) is 2.94. The summed E-state index contributed by atoms with van der Waals surface area (Å²) in [6.45, 7) is 1.89. The number of nitrogens with one attached hydrogen (secondary N) is 1. The molecule has 1 aromatic rings. The van der Waals surface area contributed by atoms with Crippen LogP contribution in [0, 0.1) is 0 Å². The predicted octanol–water partition coefficient (Wildman–Crippen LogP) is 3.66. The molecule has 17 heavy (non-hydrogen) atoms. The molecule has 2 rings (SSSR count). The highest BCUT2D eigenvalue weighted by Crippen LogP contribution is 2.21. The van der Waals surface area contributed by atoms with Gasteiger partial charge in [-0.2, -0.15) is 11.8 Å². The van der Waals surface area contributed by atoms with Crippen molar-refractivity contribution in [3.63, 3.8) is 0 Å². The molecule has 1 fully saturated rings. The van der Waals surface area contributed by atoms with Crippen LogP contribution in [0.4, 0.5) is 5.69 Å². The highest BCUT2D eigenvalue weighted by molar-refractivity contribution is 7.99. The second-order valence-corrected chi connectivity index (χ2v) is 5.67. The minimum atomic E-state index is 0.486. The van der Waals surface area contributed by atoms with Crippen molar-refractivity contribution in [2.24, 2.45) is 0 Å². The van der Waals surface area contributed by atoms with Crippen LogP contribution in [0.1, 0.15) is 12.8 Å². The molecule has 1 unspecified atom stereocenters. The minimum absolute atomic E-state index is 0.486. The minimum Gasteiger partial charge on any atom is -0.383 e. The van der Waals surface area contributed by atoms with Gasteiger partial charge in [0.05, 0.1) is 16.8 Å². The quantitative estimate of drug-likeness (QED) is 0.798. The van der Waals surface area contributed by atoms with E-state index in [4.69, 9.17) is 16.3 Å². The molecule has 4 heteroatoms. The third-order valence-corrected chi connectivity index (χ3v) is 4.19. The highest BCUT2D eigenvalue weighted by atomic mass is 35.5. The van der Waals surface area contributed by atoms with Gasteiger partial charge >= 0.3 is 0 Å². The largest absolute Gasteiger partial charge is 0.383 e. The highest BCUT2D eigenvalue weighted by Gasteiger charge is 2.14. The lowest BCUT2D eigenvalue weighted by Gasteiger charge is -2.10. The molecule has 2 nitrogen and oxygen atoms in total. The topological polar surface area (TPSA) is 21.3 Å². The molecule has 1 atom stereocenters. The molecule has 0 radical (unpaired) electrons. The van der Waals surface area contributed by atoms with Gasteiger partial charge in [-0.25, -0.2) is 0 Å². The first-order chi connectivity index (χ1) is 8.36. The van der Waals surface area contributed by atoms with Crippen LogP contribution in [0.2, 0.25) is 5.02 Å². The van der Waals surface area contributed by atoms with E-state index < -0.39 is 0 Å². The lowest BCUT2D eigenvalue weighted by atomic mass is 10.3. The van der Waals surface area contributed by atoms with E-state index in [1.807, 2.05) is 36.0 Å². The zero-order chi connectivity index (χ0) is 11.9. The van der Waals surface area contributed by atoms with Gasteiger partial charge in [-0.15, -0.1) is 0 Å². The molecular formula is C13H18ClNOS. The zero-order valence-electron chi connectivity index (χ0n) is 9.82. The van der Waals surface area contributed by atoms with Gasteiger partial charge in [0.1, 0.15) is 0 Å². The van der Waals surface area contributed by atoms with E-state index in [-0.39, 0.29) is 0 Å². The third kappa shape index (κ3) is 4.41. The van der Waals surface area contributed by atoms with Crippen LogP contribution in [0.5, 0.6) is 0 Å². The first-order valence-corrected chi connectivity index (χ1v) is 7.57. The van der Waals surface area contributed by atoms with Gasteiger partial charge in [0.15, 0.2) is 0 Å². The van der Waals surface area contributed by atoms with E-state index in [2.05, 4.69) is 5.32 Å². The summed E-state index contributed by atoms with van der Waals surface area (Å²) in [6, 6.07) is 7.85. The van der Waals surface area contributed by atoms with Crippen molar-refractivity contribution in [3.8, 4) is 0 Å². The zero-order valence-corrected chi connectivity index (χ0v) is 11.4. The van der Waals surface area contributed by atoms with Crippen molar-refractivity contribution in [1.29, 1.82) is 0 Å². The summed E-state index contributed by atoms with van der Waals surface area (Å²) in [5, 5.41) is 4.13. The number of hydrogen-bond acceptors (Lipinski definition) is 3. The molecule has 1 heterocycles. The third-order valence-electron chi connectivity index (χ3n) is 2.76. The van der Waals surface area contributed by atoms with Crippen LogP contribution >= 0.6 is 23.4 Å². The van der Waals surface area contributed by atoms with Crippen LogP contribution in [0.15, 0.2) is 24.3 Å². The van der Waals surface area contributed by atoms with E-state index in [0.29, 0.717) is 6.10 Å². The Bertz CT molecular complexity index is 342. The van der Waals surface area contributed by atoms with Crippen LogP contribution in [0.25, 0.3) is 0 Å². The van der Waals surface area contributed by atoms with Crippen molar-refractivity contribution in [1.82, 2.24) is 0 Å². The van der Waals surface area contributed by atoms with E-state index in [1.54, 1.807) is 0 Å². The number of anilines is 1. The molecule has 0 saturated carbocycles. The van der Waals surface area contributed by atoms with Crippen molar-refractivity contribution in [2.45, 2.75) is 18.9 Å². The average Bonchev–Trinajstić information content (AvgIpc) is 2.84. The number of ether oxygens (including phenoxy) is 1. The maximum atomic E-state index is 6.05. The van der Waals surface area contributed by atoms with Crippen LogP contribution in [0.3, 0.4) is 0 Å². The van der Waals surface area contributed by atoms with E-state index >= 15 is 0 Å². The van der Waals surface area contributed by atoms with Gasteiger partial charge < -0.3 is 10.1 Å². The van der Waals surface area contributed by atoms with E-state index in [1.165, 1.54) is 12.8 Å². The normalized spacial score (nSPS) is 19.5.